The van der Waals surface area contributed by atoms with Crippen LogP contribution >= 0.6 is 0 Å². The SMILES string of the molecule is C=C1CCC2C3CCC4=CC(=O)C=C[C@@]4(O)C3CC[C@]12C. The maximum Gasteiger partial charge on any atom is 0.178 e. The summed E-state index contributed by atoms with van der Waals surface area (Å²) in [6, 6.07) is 0. The molecule has 0 aromatic carbocycles. The van der Waals surface area contributed by atoms with E-state index in [1.165, 1.54) is 12.0 Å². The fraction of sp³-hybridized carbons (Fsp3) is 0.632. The second-order valence-electron chi connectivity index (χ2n) is 7.74. The van der Waals surface area contributed by atoms with Gasteiger partial charge in [0.25, 0.3) is 0 Å². The molecule has 21 heavy (non-hydrogen) atoms. The zero-order valence-corrected chi connectivity index (χ0v) is 12.8. The Morgan fingerprint density at radius 3 is 2.86 bits per heavy atom. The molecule has 0 bridgehead atoms. The largest absolute Gasteiger partial charge is 0.381 e. The predicted octanol–water partition coefficient (Wildman–Crippen LogP) is 3.58. The lowest BCUT2D eigenvalue weighted by Gasteiger charge is -2.55. The third kappa shape index (κ3) is 1.66. The van der Waals surface area contributed by atoms with Gasteiger partial charge in [-0.15, -0.1) is 0 Å². The van der Waals surface area contributed by atoms with E-state index < -0.39 is 5.60 Å². The highest BCUT2D eigenvalue weighted by molar-refractivity contribution is 6.01. The van der Waals surface area contributed by atoms with E-state index in [9.17, 15) is 9.90 Å². The van der Waals surface area contributed by atoms with E-state index in [-0.39, 0.29) is 17.1 Å². The van der Waals surface area contributed by atoms with Crippen molar-refractivity contribution in [1.82, 2.24) is 0 Å². The molecular weight excluding hydrogens is 260 g/mol. The van der Waals surface area contributed by atoms with Crippen LogP contribution in [0.2, 0.25) is 0 Å². The molecule has 4 aliphatic carbocycles. The molecule has 0 aromatic heterocycles. The molecule has 1 N–H and O–H groups in total. The minimum atomic E-state index is -0.859. The van der Waals surface area contributed by atoms with Crippen molar-refractivity contribution < 1.29 is 9.90 Å². The molecule has 0 heterocycles. The van der Waals surface area contributed by atoms with E-state index >= 15 is 0 Å². The fourth-order valence-electron chi connectivity index (χ4n) is 5.75. The molecule has 3 unspecified atom stereocenters. The Morgan fingerprint density at radius 1 is 1.24 bits per heavy atom. The Balaban J connectivity index is 1.72. The van der Waals surface area contributed by atoms with Crippen LogP contribution in [0.15, 0.2) is 36.0 Å². The summed E-state index contributed by atoms with van der Waals surface area (Å²) in [6.45, 7) is 6.71. The van der Waals surface area contributed by atoms with Crippen molar-refractivity contribution in [3.8, 4) is 0 Å². The number of allylic oxidation sites excluding steroid dienone is 3. The molecular formula is C19H24O2. The van der Waals surface area contributed by atoms with Crippen LogP contribution in [0.25, 0.3) is 0 Å². The van der Waals surface area contributed by atoms with Crippen LogP contribution in [-0.2, 0) is 4.79 Å². The van der Waals surface area contributed by atoms with Gasteiger partial charge in [-0.25, -0.2) is 0 Å². The lowest BCUT2D eigenvalue weighted by molar-refractivity contribution is -0.111. The highest BCUT2D eigenvalue weighted by Gasteiger charge is 2.57. The number of hydrogen-bond acceptors (Lipinski definition) is 2. The van der Waals surface area contributed by atoms with Gasteiger partial charge in [0.2, 0.25) is 0 Å². The Bertz CT molecular complexity index is 584. The van der Waals surface area contributed by atoms with Crippen LogP contribution in [0.5, 0.6) is 0 Å². The maximum atomic E-state index is 11.6. The standard InChI is InChI=1S/C19H24O2/c1-12-3-6-16-15-5-4-13-11-14(20)7-10-19(13,21)17(15)8-9-18(12,16)2/h7,10-11,15-17,21H,1,3-6,8-9H2,2H3/t15?,16?,17?,18-,19+/m1/s1. The van der Waals surface area contributed by atoms with Crippen molar-refractivity contribution in [2.75, 3.05) is 0 Å². The molecule has 3 fully saturated rings. The quantitative estimate of drug-likeness (QED) is 0.690. The topological polar surface area (TPSA) is 37.3 Å². The second-order valence-corrected chi connectivity index (χ2v) is 7.74. The molecule has 0 amide bonds. The summed E-state index contributed by atoms with van der Waals surface area (Å²) in [5.74, 6) is 1.55. The van der Waals surface area contributed by atoms with E-state index in [0.29, 0.717) is 11.8 Å². The van der Waals surface area contributed by atoms with E-state index in [4.69, 9.17) is 0 Å². The average molecular weight is 284 g/mol. The van der Waals surface area contributed by atoms with Crippen molar-refractivity contribution in [3.05, 3.63) is 36.0 Å². The number of aliphatic hydroxyl groups is 1. The van der Waals surface area contributed by atoms with Crippen molar-refractivity contribution in [2.45, 2.75) is 51.0 Å². The molecule has 4 rings (SSSR count). The molecule has 3 saturated carbocycles. The fourth-order valence-corrected chi connectivity index (χ4v) is 5.75. The van der Waals surface area contributed by atoms with Crippen LogP contribution in [0.4, 0.5) is 0 Å². The molecule has 0 radical (unpaired) electrons. The predicted molar refractivity (Wildman–Crippen MR) is 82.6 cm³/mol. The van der Waals surface area contributed by atoms with Crippen LogP contribution in [0, 0.1) is 23.2 Å². The van der Waals surface area contributed by atoms with Crippen molar-refractivity contribution in [2.24, 2.45) is 23.2 Å². The first-order chi connectivity index (χ1) is 9.95. The van der Waals surface area contributed by atoms with Gasteiger partial charge in [-0.05, 0) is 85.5 Å². The number of carbonyl (C=O) groups excluding carboxylic acids is 1. The van der Waals surface area contributed by atoms with Gasteiger partial charge in [0.1, 0.15) is 5.60 Å². The summed E-state index contributed by atoms with van der Waals surface area (Å²) in [5, 5.41) is 11.2. The highest BCUT2D eigenvalue weighted by Crippen LogP contribution is 2.63. The molecule has 5 atom stereocenters. The Labute approximate surface area is 126 Å². The minimum absolute atomic E-state index is 0.0306. The maximum absolute atomic E-state index is 11.6. The molecule has 0 spiro atoms. The number of carbonyl (C=O) groups is 1. The zero-order valence-electron chi connectivity index (χ0n) is 12.8. The summed E-state index contributed by atoms with van der Waals surface area (Å²) in [4.78, 5) is 11.6. The Kier molecular flexibility index (Phi) is 2.70. The Morgan fingerprint density at radius 2 is 2.05 bits per heavy atom. The summed E-state index contributed by atoms with van der Waals surface area (Å²) >= 11 is 0. The first-order valence-electron chi connectivity index (χ1n) is 8.30. The van der Waals surface area contributed by atoms with Gasteiger partial charge < -0.3 is 5.11 Å². The highest BCUT2D eigenvalue weighted by atomic mass is 16.3. The number of hydrogen-bond donors (Lipinski definition) is 1. The number of rotatable bonds is 0. The summed E-state index contributed by atoms with van der Waals surface area (Å²) in [6.07, 6.45) is 11.6. The van der Waals surface area contributed by atoms with Gasteiger partial charge >= 0.3 is 0 Å². The number of fused-ring (bicyclic) bond motifs is 5. The van der Waals surface area contributed by atoms with Gasteiger partial charge in [0.15, 0.2) is 5.78 Å². The third-order valence-electron chi connectivity index (χ3n) is 7.04. The van der Waals surface area contributed by atoms with E-state index in [1.54, 1.807) is 18.2 Å². The molecule has 2 heteroatoms. The van der Waals surface area contributed by atoms with Gasteiger partial charge in [0, 0.05) is 0 Å². The lowest BCUT2D eigenvalue weighted by Crippen LogP contribution is -2.53. The molecule has 4 aliphatic rings. The summed E-state index contributed by atoms with van der Waals surface area (Å²) in [7, 11) is 0. The second kappa shape index (κ2) is 4.19. The minimum Gasteiger partial charge on any atom is -0.381 e. The van der Waals surface area contributed by atoms with Crippen LogP contribution in [0.3, 0.4) is 0 Å². The zero-order chi connectivity index (χ0) is 14.8. The van der Waals surface area contributed by atoms with Gasteiger partial charge in [-0.2, -0.15) is 0 Å². The van der Waals surface area contributed by atoms with Crippen LogP contribution < -0.4 is 0 Å². The van der Waals surface area contributed by atoms with E-state index in [2.05, 4.69) is 13.5 Å². The molecule has 0 aromatic rings. The van der Waals surface area contributed by atoms with E-state index in [0.717, 1.165) is 37.7 Å². The van der Waals surface area contributed by atoms with Crippen LogP contribution in [0.1, 0.15) is 45.4 Å². The van der Waals surface area contributed by atoms with Gasteiger partial charge in [0.05, 0.1) is 0 Å². The summed E-state index contributed by atoms with van der Waals surface area (Å²) in [5.41, 5.74) is 1.81. The normalized spacial score (nSPS) is 48.5. The van der Waals surface area contributed by atoms with Crippen molar-refractivity contribution in [3.63, 3.8) is 0 Å². The van der Waals surface area contributed by atoms with E-state index in [1.807, 2.05) is 0 Å². The van der Waals surface area contributed by atoms with Crippen molar-refractivity contribution >= 4 is 5.78 Å². The smallest absolute Gasteiger partial charge is 0.178 e. The molecule has 0 aliphatic heterocycles. The Hall–Kier alpha value is -1.15. The first-order valence-corrected chi connectivity index (χ1v) is 8.30. The van der Waals surface area contributed by atoms with Crippen LogP contribution in [-0.4, -0.2) is 16.5 Å². The first kappa shape index (κ1) is 13.5. The van der Waals surface area contributed by atoms with Gasteiger partial charge in [-0.1, -0.05) is 19.1 Å². The number of ketones is 1. The average Bonchev–Trinajstić information content (AvgIpc) is 2.76. The van der Waals surface area contributed by atoms with Crippen molar-refractivity contribution in [1.29, 1.82) is 0 Å². The molecule has 0 saturated heterocycles. The molecule has 2 nitrogen and oxygen atoms in total. The lowest BCUT2D eigenvalue weighted by atomic mass is 9.51. The van der Waals surface area contributed by atoms with Gasteiger partial charge in [-0.3, -0.25) is 4.79 Å². The molecule has 112 valence electrons. The monoisotopic (exact) mass is 284 g/mol. The third-order valence-corrected chi connectivity index (χ3v) is 7.04. The summed E-state index contributed by atoms with van der Waals surface area (Å²) < 4.78 is 0.